The summed E-state index contributed by atoms with van der Waals surface area (Å²) in [6, 6.07) is 6.24. The maximum absolute atomic E-state index is 12.8. The van der Waals surface area contributed by atoms with Crippen molar-refractivity contribution in [2.45, 2.75) is 0 Å². The van der Waals surface area contributed by atoms with Crippen LogP contribution >= 0.6 is 0 Å². The fourth-order valence-electron chi connectivity index (χ4n) is 1.82. The summed E-state index contributed by atoms with van der Waals surface area (Å²) in [5.74, 6) is 5.83. The second-order valence-corrected chi connectivity index (χ2v) is 3.83. The van der Waals surface area contributed by atoms with Gasteiger partial charge in [-0.3, -0.25) is 0 Å². The maximum atomic E-state index is 12.8. The molecule has 0 amide bonds. The molecule has 1 aliphatic heterocycles. The maximum Gasteiger partial charge on any atom is 0.143 e. The van der Waals surface area contributed by atoms with E-state index in [1.165, 1.54) is 12.1 Å². The molecule has 0 saturated carbocycles. The van der Waals surface area contributed by atoms with E-state index in [0.29, 0.717) is 6.54 Å². The van der Waals surface area contributed by atoms with Crippen molar-refractivity contribution < 1.29 is 4.39 Å². The highest BCUT2D eigenvalue weighted by atomic mass is 19.1. The molecule has 0 unspecified atom stereocenters. The fourth-order valence-corrected chi connectivity index (χ4v) is 1.82. The van der Waals surface area contributed by atoms with Gasteiger partial charge in [-0.15, -0.1) is 0 Å². The lowest BCUT2D eigenvalue weighted by molar-refractivity contribution is 0.498. The Morgan fingerprint density at radius 3 is 2.76 bits per heavy atom. The number of hydrazone groups is 1. The first-order valence-corrected chi connectivity index (χ1v) is 5.42. The smallest absolute Gasteiger partial charge is 0.143 e. The van der Waals surface area contributed by atoms with Crippen LogP contribution in [0, 0.1) is 5.82 Å². The highest BCUT2D eigenvalue weighted by molar-refractivity contribution is 5.92. The summed E-state index contributed by atoms with van der Waals surface area (Å²) in [5, 5.41) is 6.92. The van der Waals surface area contributed by atoms with E-state index in [1.807, 2.05) is 4.90 Å². The molecule has 90 valence electrons. The zero-order valence-corrected chi connectivity index (χ0v) is 9.49. The van der Waals surface area contributed by atoms with Crippen molar-refractivity contribution in [3.8, 4) is 0 Å². The summed E-state index contributed by atoms with van der Waals surface area (Å²) in [6.07, 6.45) is 0. The van der Waals surface area contributed by atoms with Gasteiger partial charge in [0.1, 0.15) is 11.7 Å². The summed E-state index contributed by atoms with van der Waals surface area (Å²) in [6.45, 7) is 6.24. The minimum Gasteiger partial charge on any atom is -0.326 e. The van der Waals surface area contributed by atoms with Gasteiger partial charge in [0.05, 0.1) is 6.54 Å². The Morgan fingerprint density at radius 2 is 2.12 bits per heavy atom. The number of halogens is 1. The largest absolute Gasteiger partial charge is 0.326 e. The summed E-state index contributed by atoms with van der Waals surface area (Å²) in [5.41, 5.74) is 1.66. The molecule has 5 heteroatoms. The van der Waals surface area contributed by atoms with Crippen molar-refractivity contribution >= 4 is 11.5 Å². The van der Waals surface area contributed by atoms with Gasteiger partial charge in [0.15, 0.2) is 0 Å². The average molecular weight is 234 g/mol. The Balaban J connectivity index is 2.21. The molecular weight excluding hydrogens is 219 g/mol. The van der Waals surface area contributed by atoms with Crippen LogP contribution in [0.15, 0.2) is 35.9 Å². The van der Waals surface area contributed by atoms with E-state index in [1.54, 1.807) is 12.1 Å². The summed E-state index contributed by atoms with van der Waals surface area (Å²) >= 11 is 0. The number of nitrogens with two attached hydrogens (primary N) is 1. The molecule has 0 aliphatic carbocycles. The third-order valence-electron chi connectivity index (χ3n) is 2.76. The molecule has 0 aromatic heterocycles. The number of benzene rings is 1. The molecule has 2 rings (SSSR count). The molecule has 1 fully saturated rings. The number of rotatable bonds is 2. The van der Waals surface area contributed by atoms with Crippen LogP contribution in [0.3, 0.4) is 0 Å². The van der Waals surface area contributed by atoms with Crippen molar-refractivity contribution in [2.75, 3.05) is 19.6 Å². The first-order chi connectivity index (χ1) is 8.22. The monoisotopic (exact) mass is 234 g/mol. The highest BCUT2D eigenvalue weighted by Crippen LogP contribution is 2.18. The third-order valence-corrected chi connectivity index (χ3v) is 2.76. The van der Waals surface area contributed by atoms with Gasteiger partial charge in [0.25, 0.3) is 0 Å². The molecule has 1 aromatic carbocycles. The summed E-state index contributed by atoms with van der Waals surface area (Å²) in [7, 11) is 0. The number of hydrogen-bond acceptors (Lipinski definition) is 3. The van der Waals surface area contributed by atoms with E-state index in [9.17, 15) is 4.39 Å². The second-order valence-electron chi connectivity index (χ2n) is 3.83. The van der Waals surface area contributed by atoms with Crippen LogP contribution in [0.4, 0.5) is 4.39 Å². The Labute approximate surface area is 99.6 Å². The SMILES string of the molecule is C=C(c1ccc(F)cc1)N1CCNC/C1=N/N. The highest BCUT2D eigenvalue weighted by Gasteiger charge is 2.19. The topological polar surface area (TPSA) is 53.6 Å². The Morgan fingerprint density at radius 1 is 1.41 bits per heavy atom. The van der Waals surface area contributed by atoms with Gasteiger partial charge >= 0.3 is 0 Å². The molecule has 4 nitrogen and oxygen atoms in total. The molecule has 3 N–H and O–H groups in total. The lowest BCUT2D eigenvalue weighted by Crippen LogP contribution is -2.47. The molecule has 1 saturated heterocycles. The van der Waals surface area contributed by atoms with Crippen LogP contribution < -0.4 is 11.2 Å². The van der Waals surface area contributed by atoms with Gasteiger partial charge in [-0.25, -0.2) is 4.39 Å². The van der Waals surface area contributed by atoms with Crippen LogP contribution in [-0.2, 0) is 0 Å². The molecule has 0 bridgehead atoms. The molecule has 0 atom stereocenters. The quantitative estimate of drug-likeness (QED) is 0.592. The Kier molecular flexibility index (Phi) is 3.39. The zero-order chi connectivity index (χ0) is 12.3. The van der Waals surface area contributed by atoms with Crippen LogP contribution in [0.1, 0.15) is 5.56 Å². The third kappa shape index (κ3) is 2.45. The molecule has 17 heavy (non-hydrogen) atoms. The minimum atomic E-state index is -0.255. The van der Waals surface area contributed by atoms with Gasteiger partial charge in [0.2, 0.25) is 0 Å². The van der Waals surface area contributed by atoms with Crippen molar-refractivity contribution in [3.05, 3.63) is 42.2 Å². The number of hydrogen-bond donors (Lipinski definition) is 2. The van der Waals surface area contributed by atoms with E-state index >= 15 is 0 Å². The van der Waals surface area contributed by atoms with Crippen molar-refractivity contribution in [1.29, 1.82) is 0 Å². The van der Waals surface area contributed by atoms with Gasteiger partial charge in [-0.1, -0.05) is 18.7 Å². The van der Waals surface area contributed by atoms with Crippen molar-refractivity contribution in [3.63, 3.8) is 0 Å². The van der Waals surface area contributed by atoms with Gasteiger partial charge in [0, 0.05) is 18.8 Å². The average Bonchev–Trinajstić information content (AvgIpc) is 2.39. The molecule has 1 aromatic rings. The van der Waals surface area contributed by atoms with Crippen LogP contribution in [0.2, 0.25) is 0 Å². The van der Waals surface area contributed by atoms with Crippen molar-refractivity contribution in [2.24, 2.45) is 10.9 Å². The predicted octanol–water partition coefficient (Wildman–Crippen LogP) is 0.974. The van der Waals surface area contributed by atoms with E-state index < -0.39 is 0 Å². The van der Waals surface area contributed by atoms with Crippen LogP contribution in [0.5, 0.6) is 0 Å². The number of nitrogens with one attached hydrogen (secondary N) is 1. The van der Waals surface area contributed by atoms with Gasteiger partial charge in [-0.05, 0) is 17.7 Å². The molecular formula is C12H15FN4. The molecule has 0 radical (unpaired) electrons. The predicted molar refractivity (Wildman–Crippen MR) is 66.6 cm³/mol. The molecule has 1 aliphatic rings. The lowest BCUT2D eigenvalue weighted by Gasteiger charge is -2.31. The van der Waals surface area contributed by atoms with Crippen LogP contribution in [-0.4, -0.2) is 30.4 Å². The van der Waals surface area contributed by atoms with E-state index in [4.69, 9.17) is 5.84 Å². The fraction of sp³-hybridized carbons (Fsp3) is 0.250. The first-order valence-electron chi connectivity index (χ1n) is 5.42. The first kappa shape index (κ1) is 11.6. The Bertz CT molecular complexity index is 438. The van der Waals surface area contributed by atoms with Gasteiger partial charge < -0.3 is 16.1 Å². The normalized spacial score (nSPS) is 18.4. The molecule has 0 spiro atoms. The minimum absolute atomic E-state index is 0.255. The van der Waals surface area contributed by atoms with E-state index in [2.05, 4.69) is 17.0 Å². The second kappa shape index (κ2) is 4.97. The standard InChI is InChI=1S/C12H15FN4/c1-9(10-2-4-11(13)5-3-10)17-7-6-15-8-12(17)16-14/h2-5,15H,1,6-8,14H2/b16-12-. The van der Waals surface area contributed by atoms with E-state index in [0.717, 1.165) is 30.2 Å². The van der Waals surface area contributed by atoms with Crippen LogP contribution in [0.25, 0.3) is 5.70 Å². The van der Waals surface area contributed by atoms with Gasteiger partial charge in [-0.2, -0.15) is 5.10 Å². The van der Waals surface area contributed by atoms with E-state index in [-0.39, 0.29) is 5.82 Å². The van der Waals surface area contributed by atoms with Crippen molar-refractivity contribution in [1.82, 2.24) is 10.2 Å². The summed E-state index contributed by atoms with van der Waals surface area (Å²) < 4.78 is 12.8. The summed E-state index contributed by atoms with van der Waals surface area (Å²) in [4.78, 5) is 1.95. The zero-order valence-electron chi connectivity index (χ0n) is 9.49. The molecule has 1 heterocycles. The number of piperazine rings is 1. The lowest BCUT2D eigenvalue weighted by atomic mass is 10.1. The number of amidine groups is 1. The number of nitrogens with zero attached hydrogens (tertiary/aromatic N) is 2. The Hall–Kier alpha value is -1.88.